The van der Waals surface area contributed by atoms with E-state index in [1.54, 1.807) is 0 Å². The first-order valence-electron chi connectivity index (χ1n) is 21.1. The molecule has 0 N–H and O–H groups in total. The zero-order valence-corrected chi connectivity index (χ0v) is 30.0. The van der Waals surface area contributed by atoms with Crippen molar-refractivity contribution in [2.75, 3.05) is 0 Å². The fourth-order valence-corrected chi connectivity index (χ4v) is 8.19. The van der Waals surface area contributed by atoms with Crippen LogP contribution in [-0.4, -0.2) is 19.5 Å². The van der Waals surface area contributed by atoms with E-state index in [4.69, 9.17) is 30.6 Å². The van der Waals surface area contributed by atoms with Gasteiger partial charge in [0.15, 0.2) is 17.5 Å². The topological polar surface area (TPSA) is 69.9 Å². The predicted octanol–water partition coefficient (Wildman–Crippen LogP) is 13.4. The number of aromatic nitrogens is 4. The lowest BCUT2D eigenvalue weighted by Crippen LogP contribution is -2.01. The molecule has 0 amide bonds. The van der Waals surface area contributed by atoms with Crippen LogP contribution in [0.2, 0.25) is 0 Å². The molecule has 266 valence electrons. The van der Waals surface area contributed by atoms with Crippen LogP contribution in [0.15, 0.2) is 191 Å². The SMILES string of the molecule is [2H]c1c([2H])c([2H])c(-c2nc(-c3ccc4c(c3)oc3ccccc34)nc(-c3cc(-n4c5ccccc5c5ccccc54)cc4c3oc3c(-c5ccccc5)cccc34)n2)c([2H])c1[2H]. The van der Waals surface area contributed by atoms with Gasteiger partial charge in [-0.15, -0.1) is 0 Å². The number of hydrogen-bond acceptors (Lipinski definition) is 5. The standard InChI is InChI=1S/C51H30N4O2/c1-3-14-31(15-4-1)35-21-13-22-40-41-29-34(55-43-23-10-7-18-36(43)37-19-8-11-24-44(37)55)30-42(48(41)57-47(35)40)51-53-49(32-16-5-2-6-17-32)52-50(54-51)33-26-27-39-38-20-9-12-25-45(38)56-46(39)28-33/h1-30H/i2D,5D,6D,16D,17D. The van der Waals surface area contributed by atoms with E-state index in [9.17, 15) is 0 Å². The highest BCUT2D eigenvalue weighted by atomic mass is 16.3. The Balaban J connectivity index is 1.20. The Morgan fingerprint density at radius 2 is 1.04 bits per heavy atom. The van der Waals surface area contributed by atoms with Crippen molar-refractivity contribution in [2.45, 2.75) is 0 Å². The molecule has 0 unspecified atom stereocenters. The lowest BCUT2D eigenvalue weighted by atomic mass is 10.0. The van der Waals surface area contributed by atoms with Crippen molar-refractivity contribution in [1.82, 2.24) is 19.5 Å². The smallest absolute Gasteiger partial charge is 0.167 e. The fourth-order valence-electron chi connectivity index (χ4n) is 8.19. The second-order valence-corrected chi connectivity index (χ2v) is 14.0. The molecule has 0 aliphatic heterocycles. The first-order chi connectivity index (χ1) is 30.3. The maximum Gasteiger partial charge on any atom is 0.167 e. The Hall–Kier alpha value is -7.83. The van der Waals surface area contributed by atoms with E-state index in [2.05, 4.69) is 47.0 Å². The second kappa shape index (κ2) is 12.3. The molecule has 6 nitrogen and oxygen atoms in total. The van der Waals surface area contributed by atoms with Crippen LogP contribution in [0.3, 0.4) is 0 Å². The molecule has 0 spiro atoms. The average Bonchev–Trinajstić information content (AvgIpc) is 3.99. The third-order valence-corrected chi connectivity index (χ3v) is 10.7. The van der Waals surface area contributed by atoms with E-state index in [0.29, 0.717) is 27.9 Å². The molecule has 0 atom stereocenters. The minimum atomic E-state index is -0.509. The third kappa shape index (κ3) is 4.94. The minimum absolute atomic E-state index is 0.0804. The van der Waals surface area contributed by atoms with Crippen LogP contribution < -0.4 is 0 Å². The van der Waals surface area contributed by atoms with Gasteiger partial charge in [-0.05, 0) is 48.0 Å². The zero-order valence-electron chi connectivity index (χ0n) is 35.0. The highest BCUT2D eigenvalue weighted by molar-refractivity contribution is 6.15. The summed E-state index contributed by atoms with van der Waals surface area (Å²) in [6.45, 7) is 0. The van der Waals surface area contributed by atoms with Gasteiger partial charge in [-0.1, -0.05) is 139 Å². The van der Waals surface area contributed by atoms with Crippen LogP contribution in [0.25, 0.3) is 117 Å². The highest BCUT2D eigenvalue weighted by Crippen LogP contribution is 2.43. The molecule has 0 saturated heterocycles. The number of rotatable bonds is 5. The summed E-state index contributed by atoms with van der Waals surface area (Å²) in [6.07, 6.45) is 0. The molecule has 0 radical (unpaired) electrons. The number of nitrogens with zero attached hydrogens (tertiary/aromatic N) is 4. The predicted molar refractivity (Wildman–Crippen MR) is 230 cm³/mol. The van der Waals surface area contributed by atoms with Crippen LogP contribution in [0.4, 0.5) is 0 Å². The molecule has 0 saturated carbocycles. The Bertz CT molecular complexity index is 3750. The molecule has 0 bridgehead atoms. The molecular weight excluding hydrogens is 701 g/mol. The molecule has 4 heterocycles. The lowest BCUT2D eigenvalue weighted by molar-refractivity contribution is 0.669. The maximum atomic E-state index is 8.97. The molecule has 6 heteroatoms. The van der Waals surface area contributed by atoms with Gasteiger partial charge in [0.05, 0.1) is 23.5 Å². The van der Waals surface area contributed by atoms with Gasteiger partial charge in [-0.2, -0.15) is 0 Å². The molecular formula is C51H30N4O2. The summed E-state index contributed by atoms with van der Waals surface area (Å²) in [5.74, 6) is 0.327. The van der Waals surface area contributed by atoms with E-state index >= 15 is 0 Å². The van der Waals surface area contributed by atoms with Crippen LogP contribution in [0.1, 0.15) is 6.85 Å². The van der Waals surface area contributed by atoms with E-state index in [1.807, 2.05) is 109 Å². The number of benzene rings is 8. The largest absolute Gasteiger partial charge is 0.456 e. The third-order valence-electron chi connectivity index (χ3n) is 10.7. The summed E-state index contributed by atoms with van der Waals surface area (Å²) in [6, 6.07) is 48.1. The monoisotopic (exact) mass is 735 g/mol. The van der Waals surface area contributed by atoms with Crippen molar-refractivity contribution >= 4 is 65.7 Å². The summed E-state index contributed by atoms with van der Waals surface area (Å²) in [4.78, 5) is 15.0. The molecule has 57 heavy (non-hydrogen) atoms. The molecule has 0 fully saturated rings. The van der Waals surface area contributed by atoms with E-state index < -0.39 is 30.2 Å². The van der Waals surface area contributed by atoms with Gasteiger partial charge in [0.25, 0.3) is 0 Å². The van der Waals surface area contributed by atoms with Crippen LogP contribution in [-0.2, 0) is 0 Å². The fraction of sp³-hybridized carbons (Fsp3) is 0. The number of para-hydroxylation sites is 4. The number of hydrogen-bond donors (Lipinski definition) is 0. The Morgan fingerprint density at radius 1 is 0.404 bits per heavy atom. The van der Waals surface area contributed by atoms with Crippen LogP contribution in [0.5, 0.6) is 0 Å². The van der Waals surface area contributed by atoms with Crippen LogP contribution >= 0.6 is 0 Å². The van der Waals surface area contributed by atoms with Crippen molar-refractivity contribution < 1.29 is 15.7 Å². The normalized spacial score (nSPS) is 13.1. The number of furan rings is 2. The molecule has 0 aliphatic carbocycles. The van der Waals surface area contributed by atoms with Crippen molar-refractivity contribution in [1.29, 1.82) is 0 Å². The van der Waals surface area contributed by atoms with Gasteiger partial charge in [0, 0.05) is 54.7 Å². The first kappa shape index (κ1) is 26.9. The van der Waals surface area contributed by atoms with Gasteiger partial charge in [-0.25, -0.2) is 15.0 Å². The summed E-state index contributed by atoms with van der Waals surface area (Å²) < 4.78 is 58.9. The van der Waals surface area contributed by atoms with Gasteiger partial charge in [0.1, 0.15) is 22.3 Å². The van der Waals surface area contributed by atoms with E-state index in [0.717, 1.165) is 65.7 Å². The van der Waals surface area contributed by atoms with Gasteiger partial charge in [0.2, 0.25) is 0 Å². The second-order valence-electron chi connectivity index (χ2n) is 14.0. The summed E-state index contributed by atoms with van der Waals surface area (Å²) in [5.41, 5.74) is 8.28. The lowest BCUT2D eigenvalue weighted by Gasteiger charge is -2.12. The van der Waals surface area contributed by atoms with Crippen LogP contribution in [0, 0.1) is 0 Å². The van der Waals surface area contributed by atoms with Crippen molar-refractivity contribution in [2.24, 2.45) is 0 Å². The Morgan fingerprint density at radius 3 is 1.82 bits per heavy atom. The Labute approximate surface area is 332 Å². The summed E-state index contributed by atoms with van der Waals surface area (Å²) in [7, 11) is 0. The molecule has 4 aromatic heterocycles. The summed E-state index contributed by atoms with van der Waals surface area (Å²) >= 11 is 0. The molecule has 12 aromatic rings. The van der Waals surface area contributed by atoms with Crippen molar-refractivity contribution in [3.8, 4) is 51.0 Å². The van der Waals surface area contributed by atoms with E-state index in [1.165, 1.54) is 0 Å². The highest BCUT2D eigenvalue weighted by Gasteiger charge is 2.23. The molecule has 8 aromatic carbocycles. The minimum Gasteiger partial charge on any atom is -0.456 e. The average molecular weight is 736 g/mol. The van der Waals surface area contributed by atoms with Gasteiger partial charge in [-0.3, -0.25) is 0 Å². The van der Waals surface area contributed by atoms with Crippen molar-refractivity contribution in [3.05, 3.63) is 182 Å². The zero-order chi connectivity index (χ0) is 41.8. The van der Waals surface area contributed by atoms with Crippen molar-refractivity contribution in [3.63, 3.8) is 0 Å². The first-order valence-corrected chi connectivity index (χ1v) is 18.6. The molecule has 0 aliphatic rings. The quantitative estimate of drug-likeness (QED) is 0.176. The van der Waals surface area contributed by atoms with E-state index in [-0.39, 0.29) is 23.0 Å². The summed E-state index contributed by atoms with van der Waals surface area (Å²) in [5, 5.41) is 5.79. The number of fused-ring (bicyclic) bond motifs is 9. The maximum absolute atomic E-state index is 8.97. The molecule has 12 rings (SSSR count). The van der Waals surface area contributed by atoms with Gasteiger partial charge >= 0.3 is 0 Å². The Kier molecular flexibility index (Phi) is 5.82. The van der Waals surface area contributed by atoms with Gasteiger partial charge < -0.3 is 13.4 Å².